The molecular weight excluding hydrogens is 429 g/mol. The number of rotatable bonds is 3. The molecule has 0 unspecified atom stereocenters. The second-order valence-corrected chi connectivity index (χ2v) is 8.87. The predicted octanol–water partition coefficient (Wildman–Crippen LogP) is 2.27. The first-order chi connectivity index (χ1) is 15.9. The summed E-state index contributed by atoms with van der Waals surface area (Å²) in [5.41, 5.74) is -0.129. The number of hydrogen-bond donors (Lipinski definition) is 1. The Bertz CT molecular complexity index is 1230. The second-order valence-electron chi connectivity index (χ2n) is 8.87. The van der Waals surface area contributed by atoms with Crippen molar-refractivity contribution in [3.05, 3.63) is 47.8 Å². The highest BCUT2D eigenvalue weighted by Crippen LogP contribution is 2.60. The number of methoxy groups -OCH3 is 2. The van der Waals surface area contributed by atoms with Gasteiger partial charge in [-0.05, 0) is 49.7 Å². The van der Waals surface area contributed by atoms with E-state index in [9.17, 15) is 18.8 Å². The van der Waals surface area contributed by atoms with Crippen LogP contribution in [-0.4, -0.2) is 49.4 Å². The van der Waals surface area contributed by atoms with E-state index < -0.39 is 29.1 Å². The molecule has 0 radical (unpaired) electrons. The molecule has 2 aromatic rings. The number of fused-ring (bicyclic) bond motifs is 7. The predicted molar refractivity (Wildman–Crippen MR) is 115 cm³/mol. The lowest BCUT2D eigenvalue weighted by molar-refractivity contribution is -0.135. The molecule has 3 amide bonds. The first-order valence-electron chi connectivity index (χ1n) is 10.9. The maximum atomic E-state index is 14.3. The molecule has 1 spiro atoms. The van der Waals surface area contributed by atoms with Crippen LogP contribution in [0.3, 0.4) is 0 Å². The van der Waals surface area contributed by atoms with Crippen LogP contribution in [0.5, 0.6) is 11.5 Å². The quantitative estimate of drug-likeness (QED) is 0.721. The minimum Gasteiger partial charge on any atom is -0.493 e. The third-order valence-electron chi connectivity index (χ3n) is 7.58. The Labute approximate surface area is 189 Å². The van der Waals surface area contributed by atoms with Crippen molar-refractivity contribution in [2.45, 2.75) is 24.4 Å². The van der Waals surface area contributed by atoms with Crippen LogP contribution in [0.1, 0.15) is 18.4 Å². The van der Waals surface area contributed by atoms with Gasteiger partial charge in [0.25, 0.3) is 0 Å². The lowest BCUT2D eigenvalue weighted by Gasteiger charge is -2.36. The average Bonchev–Trinajstić information content (AvgIpc) is 3.52. The summed E-state index contributed by atoms with van der Waals surface area (Å²) in [7, 11) is 2.98. The van der Waals surface area contributed by atoms with Gasteiger partial charge in [-0.1, -0.05) is 0 Å². The van der Waals surface area contributed by atoms with E-state index in [1.54, 1.807) is 18.2 Å². The summed E-state index contributed by atoms with van der Waals surface area (Å²) < 4.78 is 25.0. The third-order valence-corrected chi connectivity index (χ3v) is 7.58. The van der Waals surface area contributed by atoms with Crippen molar-refractivity contribution in [3.8, 4) is 11.5 Å². The maximum Gasteiger partial charge on any atom is 0.250 e. The maximum absolute atomic E-state index is 14.3. The molecule has 4 aliphatic rings. The number of benzene rings is 2. The van der Waals surface area contributed by atoms with E-state index in [4.69, 9.17) is 9.47 Å². The highest BCUT2D eigenvalue weighted by atomic mass is 19.1. The Morgan fingerprint density at radius 2 is 1.82 bits per heavy atom. The van der Waals surface area contributed by atoms with Crippen molar-refractivity contribution in [2.24, 2.45) is 11.8 Å². The van der Waals surface area contributed by atoms with E-state index in [-0.39, 0.29) is 17.9 Å². The van der Waals surface area contributed by atoms with Gasteiger partial charge < -0.3 is 14.8 Å². The number of carbonyl (C=O) groups is 3. The molecule has 0 bridgehead atoms. The van der Waals surface area contributed by atoms with Crippen molar-refractivity contribution in [1.82, 2.24) is 4.90 Å². The number of imide groups is 1. The summed E-state index contributed by atoms with van der Waals surface area (Å²) >= 11 is 0. The highest BCUT2D eigenvalue weighted by Gasteiger charge is 2.74. The zero-order valence-corrected chi connectivity index (χ0v) is 18.1. The van der Waals surface area contributed by atoms with Gasteiger partial charge in [-0.25, -0.2) is 9.29 Å². The van der Waals surface area contributed by atoms with E-state index in [0.29, 0.717) is 41.4 Å². The fraction of sp³-hybridized carbons (Fsp3) is 0.375. The standard InChI is InChI=1S/C24H22FN3O5/c1-32-17-8-6-13(11-18(17)33-2)28-21(29)19-16-4-3-9-27(16)24(20(19)22(28)30)14-10-12(25)5-7-15(14)26-23(24)31/h5-8,10-11,16,19-20H,3-4,9H2,1-2H3,(H,26,31)/t16-,19-,20+,24-/m1/s1. The number of carbonyl (C=O) groups excluding carboxylic acids is 3. The van der Waals surface area contributed by atoms with Crippen molar-refractivity contribution in [1.29, 1.82) is 0 Å². The summed E-state index contributed by atoms with van der Waals surface area (Å²) in [6, 6.07) is 8.69. The number of amides is 3. The van der Waals surface area contributed by atoms with Crippen molar-refractivity contribution >= 4 is 29.1 Å². The van der Waals surface area contributed by atoms with Gasteiger partial charge in [-0.2, -0.15) is 0 Å². The van der Waals surface area contributed by atoms with Gasteiger partial charge in [0.2, 0.25) is 17.7 Å². The van der Waals surface area contributed by atoms with Crippen molar-refractivity contribution < 1.29 is 28.2 Å². The lowest BCUT2D eigenvalue weighted by atomic mass is 9.75. The molecule has 0 saturated carbocycles. The molecular formula is C24H22FN3O5. The minimum atomic E-state index is -1.40. The minimum absolute atomic E-state index is 0.267. The van der Waals surface area contributed by atoms with Gasteiger partial charge in [-0.15, -0.1) is 0 Å². The molecule has 2 aromatic carbocycles. The monoisotopic (exact) mass is 451 g/mol. The van der Waals surface area contributed by atoms with E-state index in [1.165, 1.54) is 32.4 Å². The molecule has 0 aliphatic carbocycles. The van der Waals surface area contributed by atoms with Gasteiger partial charge in [0.05, 0.1) is 31.7 Å². The Balaban J connectivity index is 1.52. The summed E-state index contributed by atoms with van der Waals surface area (Å²) in [6.07, 6.45) is 1.49. The molecule has 1 N–H and O–H groups in total. The third kappa shape index (κ3) is 2.35. The van der Waals surface area contributed by atoms with E-state index in [2.05, 4.69) is 5.32 Å². The Kier molecular flexibility index (Phi) is 4.14. The number of hydrogen-bond acceptors (Lipinski definition) is 6. The Morgan fingerprint density at radius 1 is 1.03 bits per heavy atom. The molecule has 6 rings (SSSR count). The number of nitrogens with one attached hydrogen (secondary N) is 1. The van der Waals surface area contributed by atoms with Crippen molar-refractivity contribution in [3.63, 3.8) is 0 Å². The first kappa shape index (κ1) is 20.2. The zero-order chi connectivity index (χ0) is 23.1. The topological polar surface area (TPSA) is 88.2 Å². The fourth-order valence-corrected chi connectivity index (χ4v) is 6.39. The van der Waals surface area contributed by atoms with Gasteiger partial charge >= 0.3 is 0 Å². The number of halogens is 1. The molecule has 0 aromatic heterocycles. The normalized spacial score (nSPS) is 30.0. The van der Waals surface area contributed by atoms with Crippen molar-refractivity contribution in [2.75, 3.05) is 31.0 Å². The molecule has 170 valence electrons. The molecule has 4 atom stereocenters. The van der Waals surface area contributed by atoms with Crippen LogP contribution in [0, 0.1) is 17.7 Å². The molecule has 4 heterocycles. The molecule has 3 fully saturated rings. The molecule has 4 aliphatic heterocycles. The van der Waals surface area contributed by atoms with Crippen LogP contribution < -0.4 is 19.7 Å². The number of anilines is 2. The molecule has 3 saturated heterocycles. The van der Waals surface area contributed by atoms with Gasteiger partial charge in [0.1, 0.15) is 11.4 Å². The summed E-state index contributed by atoms with van der Waals surface area (Å²) in [6.45, 7) is 0.567. The van der Waals surface area contributed by atoms with E-state index >= 15 is 0 Å². The van der Waals surface area contributed by atoms with Crippen LogP contribution in [0.15, 0.2) is 36.4 Å². The molecule has 33 heavy (non-hydrogen) atoms. The van der Waals surface area contributed by atoms with E-state index in [0.717, 1.165) is 11.3 Å². The van der Waals surface area contributed by atoms with Crippen LogP contribution in [0.2, 0.25) is 0 Å². The molecule has 9 heteroatoms. The van der Waals surface area contributed by atoms with Crippen LogP contribution in [-0.2, 0) is 19.9 Å². The summed E-state index contributed by atoms with van der Waals surface area (Å²) in [4.78, 5) is 44.3. The largest absolute Gasteiger partial charge is 0.493 e. The number of ether oxygens (including phenoxy) is 2. The summed E-state index contributed by atoms with van der Waals surface area (Å²) in [5, 5.41) is 2.84. The first-order valence-corrected chi connectivity index (χ1v) is 10.9. The Hall–Kier alpha value is -3.46. The average molecular weight is 451 g/mol. The van der Waals surface area contributed by atoms with Crippen LogP contribution in [0.4, 0.5) is 15.8 Å². The fourth-order valence-electron chi connectivity index (χ4n) is 6.39. The number of nitrogens with zero attached hydrogens (tertiary/aromatic N) is 2. The SMILES string of the molecule is COc1ccc(N2C(=O)[C@@H]3[C@H]4CCCN4[C@@]4(C(=O)Nc5ccc(F)cc54)[C@@H]3C2=O)cc1OC. The molecule has 8 nitrogen and oxygen atoms in total. The highest BCUT2D eigenvalue weighted by molar-refractivity contribution is 6.26. The smallest absolute Gasteiger partial charge is 0.250 e. The van der Waals surface area contributed by atoms with Crippen LogP contribution in [0.25, 0.3) is 0 Å². The van der Waals surface area contributed by atoms with E-state index in [1.807, 2.05) is 4.90 Å². The van der Waals surface area contributed by atoms with Crippen LogP contribution >= 0.6 is 0 Å². The lowest BCUT2D eigenvalue weighted by Crippen LogP contribution is -2.54. The summed E-state index contributed by atoms with van der Waals surface area (Å²) in [5.74, 6) is -2.44. The zero-order valence-electron chi connectivity index (χ0n) is 18.1. The van der Waals surface area contributed by atoms with Gasteiger partial charge in [0.15, 0.2) is 11.5 Å². The van der Waals surface area contributed by atoms with Gasteiger partial charge in [0, 0.05) is 23.4 Å². The Morgan fingerprint density at radius 3 is 2.58 bits per heavy atom. The van der Waals surface area contributed by atoms with Gasteiger partial charge in [-0.3, -0.25) is 19.3 Å². The second kappa shape index (κ2) is 6.77.